The van der Waals surface area contributed by atoms with Crippen LogP contribution < -0.4 is 10.6 Å². The molecule has 0 aromatic heterocycles. The van der Waals surface area contributed by atoms with Crippen molar-refractivity contribution in [1.29, 1.82) is 0 Å². The van der Waals surface area contributed by atoms with Gasteiger partial charge in [0.05, 0.1) is 6.04 Å². The zero-order valence-corrected chi connectivity index (χ0v) is 19.2. The van der Waals surface area contributed by atoms with Crippen molar-refractivity contribution in [3.63, 3.8) is 0 Å². The fourth-order valence-electron chi connectivity index (χ4n) is 5.33. The summed E-state index contributed by atoms with van der Waals surface area (Å²) in [6.07, 6.45) is 6.49. The van der Waals surface area contributed by atoms with Crippen LogP contribution in [0.5, 0.6) is 5.75 Å². The quantitative estimate of drug-likeness (QED) is 0.631. The lowest BCUT2D eigenvalue weighted by molar-refractivity contribution is -0.126. The van der Waals surface area contributed by atoms with Crippen molar-refractivity contribution in [1.82, 2.24) is 10.6 Å². The third-order valence-electron chi connectivity index (χ3n) is 7.19. The number of aryl methyl sites for hydroxylation is 2. The Morgan fingerprint density at radius 3 is 2.59 bits per heavy atom. The first-order chi connectivity index (χ1) is 15.5. The van der Waals surface area contributed by atoms with Crippen LogP contribution in [0.15, 0.2) is 36.4 Å². The summed E-state index contributed by atoms with van der Waals surface area (Å²) >= 11 is 2.09. The fraction of sp³-hybridized carbons (Fsp3) is 0.462. The Labute approximate surface area is 193 Å². The maximum absolute atomic E-state index is 12.9. The van der Waals surface area contributed by atoms with Crippen LogP contribution in [0.2, 0.25) is 0 Å². The zero-order valence-electron chi connectivity index (χ0n) is 18.4. The van der Waals surface area contributed by atoms with E-state index in [-0.39, 0.29) is 29.5 Å². The molecule has 0 spiro atoms. The zero-order chi connectivity index (χ0) is 22.2. The van der Waals surface area contributed by atoms with Gasteiger partial charge in [0, 0.05) is 28.5 Å². The van der Waals surface area contributed by atoms with Crippen LogP contribution in [0.1, 0.15) is 70.8 Å². The molecule has 5 rings (SSSR count). The molecule has 1 aliphatic carbocycles. The Balaban J connectivity index is 1.18. The van der Waals surface area contributed by atoms with Crippen LogP contribution in [0.4, 0.5) is 0 Å². The van der Waals surface area contributed by atoms with Crippen LogP contribution in [-0.4, -0.2) is 27.4 Å². The molecule has 0 radical (unpaired) electrons. The number of hydrogen-bond acceptors (Lipinski definition) is 4. The SMILES string of the molecule is Cc1ccc(C(=O)NCc2ccc3c(c2)CCC3NC(=O)C2CC3CCC(C2)S3)cc1O. The highest BCUT2D eigenvalue weighted by Crippen LogP contribution is 2.46. The molecule has 2 saturated heterocycles. The van der Waals surface area contributed by atoms with Gasteiger partial charge in [-0.15, -0.1) is 0 Å². The largest absolute Gasteiger partial charge is 0.508 e. The molecule has 2 bridgehead atoms. The van der Waals surface area contributed by atoms with Crippen molar-refractivity contribution in [2.75, 3.05) is 0 Å². The Hall–Kier alpha value is -2.47. The Morgan fingerprint density at radius 1 is 1.06 bits per heavy atom. The maximum Gasteiger partial charge on any atom is 0.251 e. The summed E-state index contributed by atoms with van der Waals surface area (Å²) in [5.41, 5.74) is 4.71. The molecule has 0 saturated carbocycles. The summed E-state index contributed by atoms with van der Waals surface area (Å²) in [7, 11) is 0. The highest BCUT2D eigenvalue weighted by molar-refractivity contribution is 8.00. The minimum Gasteiger partial charge on any atom is -0.508 e. The first-order valence-corrected chi connectivity index (χ1v) is 12.6. The molecule has 2 amide bonds. The van der Waals surface area contributed by atoms with Gasteiger partial charge >= 0.3 is 0 Å². The lowest BCUT2D eigenvalue weighted by Gasteiger charge is -2.27. The van der Waals surface area contributed by atoms with Gasteiger partial charge in [-0.3, -0.25) is 9.59 Å². The Kier molecular flexibility index (Phi) is 5.89. The summed E-state index contributed by atoms with van der Waals surface area (Å²) < 4.78 is 0. The highest BCUT2D eigenvalue weighted by atomic mass is 32.2. The number of amides is 2. The number of fused-ring (bicyclic) bond motifs is 3. The predicted octanol–water partition coefficient (Wildman–Crippen LogP) is 4.41. The topological polar surface area (TPSA) is 78.4 Å². The predicted molar refractivity (Wildman–Crippen MR) is 127 cm³/mol. The first kappa shape index (κ1) is 21.4. The van der Waals surface area contributed by atoms with E-state index in [0.29, 0.717) is 22.6 Å². The Bertz CT molecular complexity index is 1040. The van der Waals surface area contributed by atoms with E-state index < -0.39 is 0 Å². The minimum absolute atomic E-state index is 0.101. The monoisotopic (exact) mass is 450 g/mol. The van der Waals surface area contributed by atoms with Gasteiger partial charge in [0.1, 0.15) is 5.75 Å². The second-order valence-corrected chi connectivity index (χ2v) is 11.0. The molecule has 32 heavy (non-hydrogen) atoms. The molecule has 3 N–H and O–H groups in total. The standard InChI is InChI=1S/C26H30N2O3S/c1-15-2-4-18(13-24(15)29)25(30)27-14-16-3-8-22-17(10-16)5-9-23(22)28-26(31)19-11-20-6-7-21(12-19)32-20/h2-4,8,10,13,19-21,23,29H,5-7,9,11-12,14H2,1H3,(H,27,30)(H,28,31). The van der Waals surface area contributed by atoms with Gasteiger partial charge < -0.3 is 15.7 Å². The van der Waals surface area contributed by atoms with Gasteiger partial charge in [-0.1, -0.05) is 24.3 Å². The summed E-state index contributed by atoms with van der Waals surface area (Å²) in [4.78, 5) is 25.3. The number of carbonyl (C=O) groups is 2. The summed E-state index contributed by atoms with van der Waals surface area (Å²) in [5.74, 6) is 0.333. The molecule has 3 aliphatic rings. The van der Waals surface area contributed by atoms with Crippen LogP contribution >= 0.6 is 11.8 Å². The number of phenols is 1. The molecular weight excluding hydrogens is 420 g/mol. The van der Waals surface area contributed by atoms with Gasteiger partial charge in [-0.05, 0) is 79.8 Å². The number of carbonyl (C=O) groups excluding carboxylic acids is 2. The van der Waals surface area contributed by atoms with Gasteiger partial charge in [-0.25, -0.2) is 0 Å². The van der Waals surface area contributed by atoms with Crippen molar-refractivity contribution in [2.24, 2.45) is 5.92 Å². The number of rotatable bonds is 5. The van der Waals surface area contributed by atoms with Gasteiger partial charge in [0.25, 0.3) is 5.91 Å². The van der Waals surface area contributed by atoms with E-state index in [1.165, 1.54) is 30.0 Å². The van der Waals surface area contributed by atoms with Crippen LogP contribution in [-0.2, 0) is 17.8 Å². The average molecular weight is 451 g/mol. The summed E-state index contributed by atoms with van der Waals surface area (Å²) in [6.45, 7) is 2.23. The number of nitrogens with one attached hydrogen (secondary N) is 2. The van der Waals surface area contributed by atoms with Crippen molar-refractivity contribution >= 4 is 23.6 Å². The first-order valence-electron chi connectivity index (χ1n) is 11.6. The van der Waals surface area contributed by atoms with Gasteiger partial charge in [0.15, 0.2) is 0 Å². The van der Waals surface area contributed by atoms with Crippen LogP contribution in [0.3, 0.4) is 0 Å². The van der Waals surface area contributed by atoms with E-state index in [9.17, 15) is 14.7 Å². The van der Waals surface area contributed by atoms with Gasteiger partial charge in [-0.2, -0.15) is 11.8 Å². The number of aromatic hydroxyl groups is 1. The van der Waals surface area contributed by atoms with Crippen molar-refractivity contribution < 1.29 is 14.7 Å². The molecule has 2 aromatic rings. The second-order valence-electron chi connectivity index (χ2n) is 9.44. The number of hydrogen-bond donors (Lipinski definition) is 3. The number of thioether (sulfide) groups is 1. The molecular formula is C26H30N2O3S. The molecule has 2 aromatic carbocycles. The minimum atomic E-state index is -0.203. The van der Waals surface area contributed by atoms with Crippen molar-refractivity contribution in [3.05, 3.63) is 64.2 Å². The van der Waals surface area contributed by atoms with E-state index >= 15 is 0 Å². The summed E-state index contributed by atoms with van der Waals surface area (Å²) in [6, 6.07) is 11.3. The van der Waals surface area contributed by atoms with Gasteiger partial charge in [0.2, 0.25) is 5.91 Å². The average Bonchev–Trinajstić information content (AvgIpc) is 3.35. The third-order valence-corrected chi connectivity index (χ3v) is 8.81. The second kappa shape index (κ2) is 8.81. The van der Waals surface area contributed by atoms with E-state index in [0.717, 1.165) is 36.8 Å². The molecule has 168 valence electrons. The Morgan fingerprint density at radius 2 is 1.84 bits per heavy atom. The molecule has 2 heterocycles. The lowest BCUT2D eigenvalue weighted by Crippen LogP contribution is -2.36. The molecule has 2 aliphatic heterocycles. The van der Waals surface area contributed by atoms with Crippen molar-refractivity contribution in [3.8, 4) is 5.75 Å². The van der Waals surface area contributed by atoms with E-state index in [4.69, 9.17) is 0 Å². The van der Waals surface area contributed by atoms with Crippen LogP contribution in [0, 0.1) is 12.8 Å². The van der Waals surface area contributed by atoms with Crippen LogP contribution in [0.25, 0.3) is 0 Å². The fourth-order valence-corrected chi connectivity index (χ4v) is 7.10. The third kappa shape index (κ3) is 4.38. The molecule has 3 unspecified atom stereocenters. The smallest absolute Gasteiger partial charge is 0.251 e. The maximum atomic E-state index is 12.9. The number of benzene rings is 2. The van der Waals surface area contributed by atoms with Crippen molar-refractivity contribution in [2.45, 2.75) is 68.5 Å². The molecule has 2 fully saturated rings. The molecule has 6 heteroatoms. The molecule has 3 atom stereocenters. The van der Waals surface area contributed by atoms with E-state index in [2.05, 4.69) is 34.5 Å². The van der Waals surface area contributed by atoms with E-state index in [1.54, 1.807) is 19.1 Å². The van der Waals surface area contributed by atoms with E-state index in [1.807, 2.05) is 6.07 Å². The number of phenolic OH excluding ortho intramolecular Hbond substituents is 1. The summed E-state index contributed by atoms with van der Waals surface area (Å²) in [5, 5.41) is 17.5. The normalized spacial score (nSPS) is 25.9. The lowest BCUT2D eigenvalue weighted by atomic mass is 9.97. The molecule has 5 nitrogen and oxygen atoms in total. The highest BCUT2D eigenvalue weighted by Gasteiger charge is 2.38.